The van der Waals surface area contributed by atoms with Crippen molar-refractivity contribution in [2.45, 2.75) is 39.3 Å². The maximum Gasteiger partial charge on any atom is 0.255 e. The van der Waals surface area contributed by atoms with Crippen LogP contribution in [0.25, 0.3) is 0 Å². The average Bonchev–Trinajstić information content (AvgIpc) is 2.50. The van der Waals surface area contributed by atoms with Crippen molar-refractivity contribution in [2.24, 2.45) is 0 Å². The molecule has 23 heavy (non-hydrogen) atoms. The zero-order chi connectivity index (χ0) is 16.4. The molecule has 5 nitrogen and oxygen atoms in total. The molecule has 1 aliphatic rings. The molecule has 1 aromatic carbocycles. The molecule has 0 fully saturated rings. The van der Waals surface area contributed by atoms with Gasteiger partial charge in [0.2, 0.25) is 0 Å². The number of nitrogens with one attached hydrogen (secondary N) is 1. The summed E-state index contributed by atoms with van der Waals surface area (Å²) in [5.74, 6) is 0.729. The van der Waals surface area contributed by atoms with Gasteiger partial charge in [-0.1, -0.05) is 24.3 Å². The van der Waals surface area contributed by atoms with Crippen LogP contribution in [0.3, 0.4) is 0 Å². The van der Waals surface area contributed by atoms with Crippen LogP contribution in [-0.2, 0) is 19.4 Å². The number of aromatic nitrogens is 2. The monoisotopic (exact) mass is 313 g/mol. The van der Waals surface area contributed by atoms with Crippen molar-refractivity contribution in [3.8, 4) is 0 Å². The van der Waals surface area contributed by atoms with Crippen LogP contribution < -0.4 is 5.56 Å². The van der Waals surface area contributed by atoms with Crippen molar-refractivity contribution in [2.75, 3.05) is 13.1 Å². The van der Waals surface area contributed by atoms with Crippen molar-refractivity contribution in [1.29, 1.82) is 0 Å². The van der Waals surface area contributed by atoms with Gasteiger partial charge in [-0.15, -0.1) is 0 Å². The van der Waals surface area contributed by atoms with Crippen LogP contribution >= 0.6 is 0 Å². The minimum atomic E-state index is -0.385. The normalized spacial score (nSPS) is 16.1. The highest BCUT2D eigenvalue weighted by atomic mass is 16.3. The topological polar surface area (TPSA) is 69.2 Å². The first-order valence-corrected chi connectivity index (χ1v) is 8.09. The zero-order valence-corrected chi connectivity index (χ0v) is 13.7. The maximum absolute atomic E-state index is 12.4. The molecule has 0 saturated heterocycles. The molecule has 2 N–H and O–H groups in total. The fourth-order valence-electron chi connectivity index (χ4n) is 3.13. The number of hydrogen-bond donors (Lipinski definition) is 2. The Morgan fingerprint density at radius 3 is 2.91 bits per heavy atom. The van der Waals surface area contributed by atoms with Gasteiger partial charge in [-0.3, -0.25) is 9.69 Å². The minimum Gasteiger partial charge on any atom is -0.392 e. The molecule has 5 heteroatoms. The third-order valence-corrected chi connectivity index (χ3v) is 4.34. The second-order valence-corrected chi connectivity index (χ2v) is 6.38. The van der Waals surface area contributed by atoms with Gasteiger partial charge in [0.25, 0.3) is 5.56 Å². The van der Waals surface area contributed by atoms with Gasteiger partial charge in [-0.2, -0.15) is 0 Å². The lowest BCUT2D eigenvalue weighted by molar-refractivity contribution is 0.118. The third kappa shape index (κ3) is 3.68. The Labute approximate surface area is 136 Å². The van der Waals surface area contributed by atoms with Gasteiger partial charge in [0, 0.05) is 32.5 Å². The molecule has 0 saturated carbocycles. The molecule has 0 spiro atoms. The lowest BCUT2D eigenvalue weighted by Crippen LogP contribution is -2.39. The standard InChI is InChI=1S/C18H23N3O2/c1-12-5-3-4-6-14(12)9-17-19-16-7-8-21(10-13(2)22)11-15(16)18(23)20-17/h3-6,13,22H,7-11H2,1-2H3,(H,19,20,23). The lowest BCUT2D eigenvalue weighted by atomic mass is 10.0. The fourth-order valence-corrected chi connectivity index (χ4v) is 3.13. The van der Waals surface area contributed by atoms with Gasteiger partial charge in [0.05, 0.1) is 17.4 Å². The summed E-state index contributed by atoms with van der Waals surface area (Å²) in [6.07, 6.45) is 1.02. The Morgan fingerprint density at radius 1 is 1.39 bits per heavy atom. The highest BCUT2D eigenvalue weighted by molar-refractivity contribution is 5.29. The van der Waals surface area contributed by atoms with E-state index in [0.717, 1.165) is 30.0 Å². The molecule has 1 unspecified atom stereocenters. The van der Waals surface area contributed by atoms with Gasteiger partial charge in [0.15, 0.2) is 0 Å². The summed E-state index contributed by atoms with van der Waals surface area (Å²) in [5.41, 5.74) is 3.98. The van der Waals surface area contributed by atoms with E-state index >= 15 is 0 Å². The van der Waals surface area contributed by atoms with E-state index in [4.69, 9.17) is 0 Å². The van der Waals surface area contributed by atoms with Crippen molar-refractivity contribution in [3.05, 3.63) is 62.8 Å². The number of aliphatic hydroxyl groups is 1. The molecular formula is C18H23N3O2. The molecule has 0 radical (unpaired) electrons. The van der Waals surface area contributed by atoms with E-state index in [-0.39, 0.29) is 11.7 Å². The summed E-state index contributed by atoms with van der Waals surface area (Å²) in [4.78, 5) is 22.1. The molecule has 2 heterocycles. The Bertz CT molecular complexity index is 752. The zero-order valence-electron chi connectivity index (χ0n) is 13.7. The third-order valence-electron chi connectivity index (χ3n) is 4.34. The molecular weight excluding hydrogens is 290 g/mol. The van der Waals surface area contributed by atoms with E-state index < -0.39 is 0 Å². The summed E-state index contributed by atoms with van der Waals surface area (Å²) in [6.45, 7) is 5.82. The summed E-state index contributed by atoms with van der Waals surface area (Å²) in [6, 6.07) is 8.16. The number of fused-ring (bicyclic) bond motifs is 1. The Hall–Kier alpha value is -1.98. The number of benzene rings is 1. The fraction of sp³-hybridized carbons (Fsp3) is 0.444. The van der Waals surface area contributed by atoms with Crippen LogP contribution in [0.4, 0.5) is 0 Å². The van der Waals surface area contributed by atoms with Crippen molar-refractivity contribution >= 4 is 0 Å². The summed E-state index contributed by atoms with van der Waals surface area (Å²) in [5, 5.41) is 9.51. The largest absolute Gasteiger partial charge is 0.392 e. The van der Waals surface area contributed by atoms with E-state index in [1.165, 1.54) is 11.1 Å². The predicted octanol–water partition coefficient (Wildman–Crippen LogP) is 1.41. The summed E-state index contributed by atoms with van der Waals surface area (Å²) in [7, 11) is 0. The molecule has 122 valence electrons. The Balaban J connectivity index is 1.83. The molecule has 0 aliphatic carbocycles. The Kier molecular flexibility index (Phi) is 4.59. The molecule has 1 aliphatic heterocycles. The number of hydrogen-bond acceptors (Lipinski definition) is 4. The first-order chi connectivity index (χ1) is 11.0. The lowest BCUT2D eigenvalue weighted by Gasteiger charge is -2.28. The van der Waals surface area contributed by atoms with Crippen LogP contribution in [0.2, 0.25) is 0 Å². The average molecular weight is 313 g/mol. The number of β-amino-alcohol motifs (C(OH)–C–C–N with tert-alkyl or cyclic N) is 1. The van der Waals surface area contributed by atoms with E-state index in [1.54, 1.807) is 6.92 Å². The Morgan fingerprint density at radius 2 is 2.17 bits per heavy atom. The quantitative estimate of drug-likeness (QED) is 0.895. The van der Waals surface area contributed by atoms with E-state index in [9.17, 15) is 9.90 Å². The van der Waals surface area contributed by atoms with Gasteiger partial charge in [-0.25, -0.2) is 4.98 Å². The van der Waals surface area contributed by atoms with Crippen molar-refractivity contribution in [3.63, 3.8) is 0 Å². The highest BCUT2D eigenvalue weighted by Crippen LogP contribution is 2.16. The van der Waals surface area contributed by atoms with Gasteiger partial charge in [-0.05, 0) is 25.0 Å². The molecule has 0 bridgehead atoms. The predicted molar refractivity (Wildman–Crippen MR) is 89.5 cm³/mol. The van der Waals surface area contributed by atoms with Crippen LogP contribution in [0.5, 0.6) is 0 Å². The van der Waals surface area contributed by atoms with Crippen LogP contribution in [0, 0.1) is 6.92 Å². The number of aromatic amines is 1. The number of aliphatic hydroxyl groups excluding tert-OH is 1. The van der Waals surface area contributed by atoms with Crippen molar-refractivity contribution in [1.82, 2.24) is 14.9 Å². The molecule has 1 aromatic heterocycles. The first kappa shape index (κ1) is 15.9. The number of nitrogens with zero attached hydrogens (tertiary/aromatic N) is 2. The van der Waals surface area contributed by atoms with Crippen molar-refractivity contribution < 1.29 is 5.11 Å². The maximum atomic E-state index is 12.4. The van der Waals surface area contributed by atoms with Crippen LogP contribution in [-0.4, -0.2) is 39.2 Å². The SMILES string of the molecule is Cc1ccccc1Cc1nc2c(c(=O)[nH]1)CN(CC(C)O)CC2. The molecule has 0 amide bonds. The van der Waals surface area contributed by atoms with Crippen LogP contribution in [0.15, 0.2) is 29.1 Å². The number of rotatable bonds is 4. The minimum absolute atomic E-state index is 0.0473. The summed E-state index contributed by atoms with van der Waals surface area (Å²) >= 11 is 0. The van der Waals surface area contributed by atoms with Crippen LogP contribution in [0.1, 0.15) is 35.1 Å². The molecule has 2 aromatic rings. The second kappa shape index (κ2) is 6.64. The number of aryl methyl sites for hydroxylation is 1. The molecule has 1 atom stereocenters. The first-order valence-electron chi connectivity index (χ1n) is 8.09. The van der Waals surface area contributed by atoms with Gasteiger partial charge in [0.1, 0.15) is 5.82 Å². The van der Waals surface area contributed by atoms with Gasteiger partial charge >= 0.3 is 0 Å². The molecule has 3 rings (SSSR count). The summed E-state index contributed by atoms with van der Waals surface area (Å²) < 4.78 is 0. The van der Waals surface area contributed by atoms with E-state index in [1.807, 2.05) is 12.1 Å². The number of H-pyrrole nitrogens is 1. The van der Waals surface area contributed by atoms with E-state index in [2.05, 4.69) is 33.9 Å². The second-order valence-electron chi connectivity index (χ2n) is 6.38. The highest BCUT2D eigenvalue weighted by Gasteiger charge is 2.21. The smallest absolute Gasteiger partial charge is 0.255 e. The van der Waals surface area contributed by atoms with E-state index in [0.29, 0.717) is 19.5 Å². The van der Waals surface area contributed by atoms with Gasteiger partial charge < -0.3 is 10.1 Å².